The van der Waals surface area contributed by atoms with Gasteiger partial charge in [-0.15, -0.1) is 6.58 Å². The van der Waals surface area contributed by atoms with Gasteiger partial charge in [0.05, 0.1) is 14.2 Å². The summed E-state index contributed by atoms with van der Waals surface area (Å²) in [5.41, 5.74) is -1.17. The molecule has 0 bridgehead atoms. The zero-order chi connectivity index (χ0) is 16.8. The van der Waals surface area contributed by atoms with E-state index >= 15 is 0 Å². The van der Waals surface area contributed by atoms with Crippen LogP contribution in [-0.4, -0.2) is 43.4 Å². The van der Waals surface area contributed by atoms with Gasteiger partial charge < -0.3 is 9.47 Å². The molecule has 0 N–H and O–H groups in total. The number of aliphatic imine (C=N–C) groups is 2. The fourth-order valence-corrected chi connectivity index (χ4v) is 2.53. The molecule has 0 saturated heterocycles. The van der Waals surface area contributed by atoms with Crippen molar-refractivity contribution in [3.8, 4) is 0 Å². The number of nitrogens with zero attached hydrogens (tertiary/aromatic N) is 2. The van der Waals surface area contributed by atoms with E-state index in [-0.39, 0.29) is 17.7 Å². The second-order valence-electron chi connectivity index (χ2n) is 5.59. The maximum absolute atomic E-state index is 12.5. The van der Waals surface area contributed by atoms with Crippen molar-refractivity contribution in [2.24, 2.45) is 15.9 Å². The van der Waals surface area contributed by atoms with Crippen molar-refractivity contribution in [3.63, 3.8) is 0 Å². The Balaban J connectivity index is 3.34. The highest BCUT2D eigenvalue weighted by Gasteiger charge is 2.47. The third kappa shape index (κ3) is 3.46. The number of carbonyl (C=O) groups excluding carboxylic acids is 1. The lowest BCUT2D eigenvalue weighted by Crippen LogP contribution is -2.51. The summed E-state index contributed by atoms with van der Waals surface area (Å²) in [6.07, 6.45) is 5.10. The van der Waals surface area contributed by atoms with E-state index in [0.29, 0.717) is 18.2 Å². The molecule has 22 heavy (non-hydrogen) atoms. The van der Waals surface area contributed by atoms with Crippen molar-refractivity contribution in [1.29, 1.82) is 0 Å². The lowest BCUT2D eigenvalue weighted by molar-refractivity contribution is -0.118. The van der Waals surface area contributed by atoms with Crippen molar-refractivity contribution >= 4 is 17.6 Å². The first-order valence-electron chi connectivity index (χ1n) is 7.50. The van der Waals surface area contributed by atoms with Crippen LogP contribution in [-0.2, 0) is 14.3 Å². The smallest absolute Gasteiger partial charge is 0.220 e. The van der Waals surface area contributed by atoms with Gasteiger partial charge in [0.1, 0.15) is 6.04 Å². The van der Waals surface area contributed by atoms with Crippen LogP contribution in [0.1, 0.15) is 33.1 Å². The van der Waals surface area contributed by atoms with Gasteiger partial charge in [-0.1, -0.05) is 26.5 Å². The van der Waals surface area contributed by atoms with Gasteiger partial charge in [0.25, 0.3) is 0 Å². The first-order valence-corrected chi connectivity index (χ1v) is 7.50. The van der Waals surface area contributed by atoms with E-state index in [9.17, 15) is 4.79 Å². The molecular weight excluding hydrogens is 280 g/mol. The number of carbonyl (C=O) groups is 1. The van der Waals surface area contributed by atoms with Crippen molar-refractivity contribution in [2.75, 3.05) is 14.2 Å². The average molecular weight is 306 g/mol. The van der Waals surface area contributed by atoms with Crippen LogP contribution >= 0.6 is 0 Å². The van der Waals surface area contributed by atoms with Gasteiger partial charge >= 0.3 is 0 Å². The zero-order valence-electron chi connectivity index (χ0n) is 14.0. The summed E-state index contributed by atoms with van der Waals surface area (Å²) in [5.74, 6) is 0.758. The van der Waals surface area contributed by atoms with E-state index in [1.807, 2.05) is 19.9 Å². The summed E-state index contributed by atoms with van der Waals surface area (Å²) < 4.78 is 10.8. The Kier molecular flexibility index (Phi) is 6.53. The fourth-order valence-electron chi connectivity index (χ4n) is 2.53. The van der Waals surface area contributed by atoms with Crippen LogP contribution in [0.2, 0.25) is 0 Å². The van der Waals surface area contributed by atoms with Gasteiger partial charge in [-0.05, 0) is 31.3 Å². The molecule has 0 fully saturated rings. The molecule has 0 aromatic carbocycles. The zero-order valence-corrected chi connectivity index (χ0v) is 14.0. The molecule has 1 aliphatic heterocycles. The second-order valence-corrected chi connectivity index (χ2v) is 5.59. The highest BCUT2D eigenvalue weighted by molar-refractivity contribution is 6.18. The Hall–Kier alpha value is -1.91. The number of ether oxygens (including phenoxy) is 2. The maximum atomic E-state index is 12.5. The van der Waals surface area contributed by atoms with Crippen molar-refractivity contribution in [1.82, 2.24) is 0 Å². The first kappa shape index (κ1) is 18.1. The second kappa shape index (κ2) is 7.92. The fraction of sp³-hybridized carbons (Fsp3) is 0.588. The van der Waals surface area contributed by atoms with Gasteiger partial charge in [-0.2, -0.15) is 0 Å². The summed E-state index contributed by atoms with van der Waals surface area (Å²) in [4.78, 5) is 21.7. The highest BCUT2D eigenvalue weighted by Crippen LogP contribution is 2.30. The third-order valence-electron chi connectivity index (χ3n) is 3.74. The number of hydrogen-bond acceptors (Lipinski definition) is 5. The van der Waals surface area contributed by atoms with Crippen molar-refractivity contribution in [3.05, 3.63) is 25.3 Å². The van der Waals surface area contributed by atoms with Crippen LogP contribution in [0.5, 0.6) is 0 Å². The van der Waals surface area contributed by atoms with Gasteiger partial charge in [-0.25, -0.2) is 9.98 Å². The molecule has 0 aliphatic carbocycles. The number of ketones is 1. The summed E-state index contributed by atoms with van der Waals surface area (Å²) in [5, 5.41) is 0. The molecule has 0 unspecified atom stereocenters. The largest absolute Gasteiger partial charge is 0.483 e. The molecule has 2 atom stereocenters. The Morgan fingerprint density at radius 2 is 2.05 bits per heavy atom. The van der Waals surface area contributed by atoms with E-state index in [1.165, 1.54) is 13.2 Å². The Morgan fingerprint density at radius 1 is 1.36 bits per heavy atom. The molecule has 0 radical (unpaired) electrons. The highest BCUT2D eigenvalue weighted by atomic mass is 16.5. The molecule has 1 heterocycles. The van der Waals surface area contributed by atoms with Crippen molar-refractivity contribution < 1.29 is 14.3 Å². The number of rotatable bonds is 7. The van der Waals surface area contributed by atoms with Gasteiger partial charge in [0.15, 0.2) is 5.78 Å². The van der Waals surface area contributed by atoms with Crippen LogP contribution in [0.4, 0.5) is 0 Å². The van der Waals surface area contributed by atoms with Gasteiger partial charge in [0, 0.05) is 0 Å². The monoisotopic (exact) mass is 306 g/mol. The summed E-state index contributed by atoms with van der Waals surface area (Å²) >= 11 is 0. The first-order chi connectivity index (χ1) is 10.5. The molecule has 1 rings (SSSR count). The van der Waals surface area contributed by atoms with Crippen LogP contribution in [0.15, 0.2) is 35.3 Å². The van der Waals surface area contributed by atoms with Gasteiger partial charge in [-0.3, -0.25) is 4.79 Å². The van der Waals surface area contributed by atoms with E-state index in [4.69, 9.17) is 9.47 Å². The number of unbranched alkanes of at least 4 members (excludes halogenated alkanes) is 1. The Bertz CT molecular complexity index is 494. The third-order valence-corrected chi connectivity index (χ3v) is 3.74. The Morgan fingerprint density at radius 3 is 2.50 bits per heavy atom. The molecular formula is C17H26N2O3. The molecule has 0 aromatic heterocycles. The SMILES string of the molecule is C=CCCC[C@@]1(C(=O)C=C)N=C(OC)[C@@H](C(C)C)N=C1OC. The van der Waals surface area contributed by atoms with Gasteiger partial charge in [0.2, 0.25) is 17.3 Å². The molecule has 122 valence electrons. The molecule has 1 aliphatic rings. The minimum Gasteiger partial charge on any atom is -0.483 e. The lowest BCUT2D eigenvalue weighted by atomic mass is 9.85. The lowest BCUT2D eigenvalue weighted by Gasteiger charge is -2.34. The van der Waals surface area contributed by atoms with Crippen LogP contribution in [0.3, 0.4) is 0 Å². The van der Waals surface area contributed by atoms with Crippen LogP contribution in [0, 0.1) is 5.92 Å². The summed E-state index contributed by atoms with van der Waals surface area (Å²) in [7, 11) is 3.07. The van der Waals surface area contributed by atoms with Crippen molar-refractivity contribution in [2.45, 2.75) is 44.7 Å². The quantitative estimate of drug-likeness (QED) is 0.413. The number of methoxy groups -OCH3 is 2. The van der Waals surface area contributed by atoms with E-state index < -0.39 is 5.54 Å². The molecule has 5 nitrogen and oxygen atoms in total. The predicted octanol–water partition coefficient (Wildman–Crippen LogP) is 2.96. The van der Waals surface area contributed by atoms with E-state index in [1.54, 1.807) is 7.11 Å². The van der Waals surface area contributed by atoms with Crippen LogP contribution < -0.4 is 0 Å². The standard InChI is InChI=1S/C17H26N2O3/c1-7-9-10-11-17(13(20)8-2)16(22-6)18-14(12(3)4)15(19-17)21-5/h7-8,12,14H,1-2,9-11H2,3-6H3/t14-,17+/m1/s1. The molecule has 0 amide bonds. The van der Waals surface area contributed by atoms with E-state index in [0.717, 1.165) is 12.8 Å². The number of allylic oxidation sites excluding steroid dienone is 1. The van der Waals surface area contributed by atoms with E-state index in [2.05, 4.69) is 23.1 Å². The normalized spacial score (nSPS) is 24.3. The maximum Gasteiger partial charge on any atom is 0.220 e. The molecule has 5 heteroatoms. The van der Waals surface area contributed by atoms with Crippen LogP contribution in [0.25, 0.3) is 0 Å². The Labute approximate surface area is 132 Å². The predicted molar refractivity (Wildman–Crippen MR) is 89.5 cm³/mol. The molecule has 0 saturated carbocycles. The summed E-state index contributed by atoms with van der Waals surface area (Å²) in [6.45, 7) is 11.3. The minimum atomic E-state index is -1.17. The number of hydrogen-bond donors (Lipinski definition) is 0. The summed E-state index contributed by atoms with van der Waals surface area (Å²) in [6, 6.07) is -0.245. The average Bonchev–Trinajstić information content (AvgIpc) is 2.53. The topological polar surface area (TPSA) is 60.2 Å². The molecule has 0 aromatic rings. The minimum absolute atomic E-state index is 0.189. The molecule has 0 spiro atoms.